The van der Waals surface area contributed by atoms with E-state index in [1.165, 1.54) is 0 Å². The van der Waals surface area contributed by atoms with Crippen LogP contribution in [-0.4, -0.2) is 28.0 Å². The standard InChI is InChI=1S/C12H15BrN2O3/c1-2-3-10(12(17)18)15-11(16)5-8-4-9(13)7-14-6-8/h4,6-7,10H,2-3,5H2,1H3,(H,15,16)(H,17,18). The third-order valence-corrected chi connectivity index (χ3v) is 2.77. The minimum atomic E-state index is -1.00. The first-order chi connectivity index (χ1) is 8.52. The number of carboxylic acid groups (broad SMARTS) is 1. The number of pyridine rings is 1. The smallest absolute Gasteiger partial charge is 0.326 e. The van der Waals surface area contributed by atoms with Gasteiger partial charge in [-0.25, -0.2) is 4.79 Å². The Morgan fingerprint density at radius 3 is 2.78 bits per heavy atom. The van der Waals surface area contributed by atoms with Crippen molar-refractivity contribution in [2.75, 3.05) is 0 Å². The summed E-state index contributed by atoms with van der Waals surface area (Å²) in [4.78, 5) is 26.5. The van der Waals surface area contributed by atoms with Crippen LogP contribution in [0.2, 0.25) is 0 Å². The molecule has 0 saturated heterocycles. The summed E-state index contributed by atoms with van der Waals surface area (Å²) in [5.74, 6) is -1.31. The average molecular weight is 315 g/mol. The highest BCUT2D eigenvalue weighted by Gasteiger charge is 2.18. The van der Waals surface area contributed by atoms with Crippen molar-refractivity contribution in [1.29, 1.82) is 0 Å². The van der Waals surface area contributed by atoms with E-state index in [-0.39, 0.29) is 12.3 Å². The molecule has 1 rings (SSSR count). The number of carbonyl (C=O) groups excluding carboxylic acids is 1. The number of carboxylic acids is 1. The molecule has 0 fully saturated rings. The number of carbonyl (C=O) groups is 2. The van der Waals surface area contributed by atoms with Crippen LogP contribution in [0, 0.1) is 0 Å². The van der Waals surface area contributed by atoms with E-state index >= 15 is 0 Å². The molecule has 1 atom stereocenters. The van der Waals surface area contributed by atoms with Crippen molar-refractivity contribution in [3.05, 3.63) is 28.5 Å². The number of hydrogen-bond acceptors (Lipinski definition) is 3. The van der Waals surface area contributed by atoms with Crippen molar-refractivity contribution in [3.63, 3.8) is 0 Å². The van der Waals surface area contributed by atoms with Gasteiger partial charge in [-0.2, -0.15) is 0 Å². The van der Waals surface area contributed by atoms with E-state index in [9.17, 15) is 9.59 Å². The largest absolute Gasteiger partial charge is 0.480 e. The first-order valence-corrected chi connectivity index (χ1v) is 6.43. The fourth-order valence-electron chi connectivity index (χ4n) is 1.53. The number of nitrogens with zero attached hydrogens (tertiary/aromatic N) is 1. The third kappa shape index (κ3) is 4.83. The van der Waals surface area contributed by atoms with E-state index in [0.717, 1.165) is 10.0 Å². The minimum Gasteiger partial charge on any atom is -0.480 e. The van der Waals surface area contributed by atoms with Gasteiger partial charge in [0, 0.05) is 16.9 Å². The summed E-state index contributed by atoms with van der Waals surface area (Å²) in [6.07, 6.45) is 4.46. The van der Waals surface area contributed by atoms with Gasteiger partial charge >= 0.3 is 5.97 Å². The predicted octanol–water partition coefficient (Wildman–Crippen LogP) is 1.76. The molecule has 0 bridgehead atoms. The van der Waals surface area contributed by atoms with Gasteiger partial charge in [-0.15, -0.1) is 0 Å². The van der Waals surface area contributed by atoms with Gasteiger partial charge in [-0.05, 0) is 34.0 Å². The molecule has 2 N–H and O–H groups in total. The summed E-state index contributed by atoms with van der Waals surface area (Å²) in [6.45, 7) is 1.88. The van der Waals surface area contributed by atoms with Crippen LogP contribution in [0.1, 0.15) is 25.3 Å². The molecule has 1 amide bonds. The maximum absolute atomic E-state index is 11.7. The Balaban J connectivity index is 2.57. The molecule has 6 heteroatoms. The monoisotopic (exact) mass is 314 g/mol. The highest BCUT2D eigenvalue weighted by Crippen LogP contribution is 2.10. The van der Waals surface area contributed by atoms with E-state index in [1.54, 1.807) is 18.5 Å². The fraction of sp³-hybridized carbons (Fsp3) is 0.417. The minimum absolute atomic E-state index is 0.125. The summed E-state index contributed by atoms with van der Waals surface area (Å²) in [5, 5.41) is 11.4. The van der Waals surface area contributed by atoms with Crippen LogP contribution in [-0.2, 0) is 16.0 Å². The van der Waals surface area contributed by atoms with Crippen LogP contribution in [0.3, 0.4) is 0 Å². The lowest BCUT2D eigenvalue weighted by Gasteiger charge is -2.13. The Bertz CT molecular complexity index is 437. The Morgan fingerprint density at radius 1 is 1.50 bits per heavy atom. The number of rotatable bonds is 6. The number of amides is 1. The molecule has 0 aliphatic carbocycles. The van der Waals surface area contributed by atoms with Crippen LogP contribution < -0.4 is 5.32 Å². The Labute approximate surface area is 114 Å². The molecule has 0 aliphatic rings. The number of nitrogens with one attached hydrogen (secondary N) is 1. The molecule has 1 aromatic rings. The first-order valence-electron chi connectivity index (χ1n) is 5.64. The van der Waals surface area contributed by atoms with Crippen LogP contribution in [0.5, 0.6) is 0 Å². The van der Waals surface area contributed by atoms with Gasteiger partial charge in [0.05, 0.1) is 6.42 Å². The van der Waals surface area contributed by atoms with Crippen LogP contribution >= 0.6 is 15.9 Å². The van der Waals surface area contributed by atoms with E-state index in [0.29, 0.717) is 12.8 Å². The molecule has 0 spiro atoms. The highest BCUT2D eigenvalue weighted by molar-refractivity contribution is 9.10. The van der Waals surface area contributed by atoms with Crippen molar-refractivity contribution in [3.8, 4) is 0 Å². The third-order valence-electron chi connectivity index (χ3n) is 2.34. The molecule has 0 radical (unpaired) electrons. The molecule has 1 aromatic heterocycles. The lowest BCUT2D eigenvalue weighted by atomic mass is 10.1. The summed E-state index contributed by atoms with van der Waals surface area (Å²) in [5.41, 5.74) is 0.738. The van der Waals surface area contributed by atoms with Gasteiger partial charge in [-0.3, -0.25) is 9.78 Å². The number of aromatic nitrogens is 1. The Hall–Kier alpha value is -1.43. The molecule has 0 aromatic carbocycles. The second kappa shape index (κ2) is 7.10. The van der Waals surface area contributed by atoms with Gasteiger partial charge in [0.15, 0.2) is 0 Å². The highest BCUT2D eigenvalue weighted by atomic mass is 79.9. The van der Waals surface area contributed by atoms with Crippen molar-refractivity contribution < 1.29 is 14.7 Å². The first kappa shape index (κ1) is 14.6. The summed E-state index contributed by atoms with van der Waals surface area (Å²) in [6, 6.07) is 0.963. The zero-order valence-electron chi connectivity index (χ0n) is 10.0. The maximum atomic E-state index is 11.7. The van der Waals surface area contributed by atoms with Crippen LogP contribution in [0.25, 0.3) is 0 Å². The molecule has 1 heterocycles. The SMILES string of the molecule is CCCC(NC(=O)Cc1cncc(Br)c1)C(=O)O. The van der Waals surface area contributed by atoms with E-state index < -0.39 is 12.0 Å². The van der Waals surface area contributed by atoms with E-state index in [4.69, 9.17) is 5.11 Å². The lowest BCUT2D eigenvalue weighted by molar-refractivity contribution is -0.141. The van der Waals surface area contributed by atoms with Crippen LogP contribution in [0.15, 0.2) is 22.9 Å². The second-order valence-corrected chi connectivity index (χ2v) is 4.85. The normalized spacial score (nSPS) is 11.9. The van der Waals surface area contributed by atoms with Crippen molar-refractivity contribution in [1.82, 2.24) is 10.3 Å². The lowest BCUT2D eigenvalue weighted by Crippen LogP contribution is -2.41. The van der Waals surface area contributed by atoms with Crippen molar-refractivity contribution in [2.45, 2.75) is 32.2 Å². The number of halogens is 1. The molecule has 0 aliphatic heterocycles. The van der Waals surface area contributed by atoms with Crippen LogP contribution in [0.4, 0.5) is 0 Å². The van der Waals surface area contributed by atoms with Gasteiger partial charge in [0.2, 0.25) is 5.91 Å². The molecule has 98 valence electrons. The fourth-order valence-corrected chi connectivity index (χ4v) is 1.94. The zero-order chi connectivity index (χ0) is 13.5. The quantitative estimate of drug-likeness (QED) is 0.838. The van der Waals surface area contributed by atoms with Crippen molar-refractivity contribution >= 4 is 27.8 Å². The van der Waals surface area contributed by atoms with E-state index in [1.807, 2.05) is 6.92 Å². The second-order valence-electron chi connectivity index (χ2n) is 3.94. The maximum Gasteiger partial charge on any atom is 0.326 e. The van der Waals surface area contributed by atoms with Crippen molar-refractivity contribution in [2.24, 2.45) is 0 Å². The van der Waals surface area contributed by atoms with Gasteiger partial charge in [0.1, 0.15) is 6.04 Å². The Morgan fingerprint density at radius 2 is 2.22 bits per heavy atom. The Kier molecular flexibility index (Phi) is 5.77. The molecule has 18 heavy (non-hydrogen) atoms. The van der Waals surface area contributed by atoms with Gasteiger partial charge in [0.25, 0.3) is 0 Å². The number of aliphatic carboxylic acids is 1. The predicted molar refractivity (Wildman–Crippen MR) is 70.1 cm³/mol. The summed E-state index contributed by atoms with van der Waals surface area (Å²) < 4.78 is 0.788. The van der Waals surface area contributed by atoms with Gasteiger partial charge in [-0.1, -0.05) is 13.3 Å². The molecule has 1 unspecified atom stereocenters. The summed E-state index contributed by atoms with van der Waals surface area (Å²) >= 11 is 3.26. The van der Waals surface area contributed by atoms with Gasteiger partial charge < -0.3 is 10.4 Å². The molecule has 5 nitrogen and oxygen atoms in total. The zero-order valence-corrected chi connectivity index (χ0v) is 11.6. The number of hydrogen-bond donors (Lipinski definition) is 2. The molecule has 0 saturated carbocycles. The van der Waals surface area contributed by atoms with E-state index in [2.05, 4.69) is 26.2 Å². The average Bonchev–Trinajstić information content (AvgIpc) is 2.28. The molecular formula is C12H15BrN2O3. The summed E-state index contributed by atoms with van der Waals surface area (Å²) in [7, 11) is 0. The molecular weight excluding hydrogens is 300 g/mol. The topological polar surface area (TPSA) is 79.3 Å².